The molecule has 0 radical (unpaired) electrons. The van der Waals surface area contributed by atoms with E-state index < -0.39 is 0 Å². The summed E-state index contributed by atoms with van der Waals surface area (Å²) in [5.74, 6) is 3.45. The molecule has 0 bridgehead atoms. The zero-order valence-electron chi connectivity index (χ0n) is 11.1. The Labute approximate surface area is 105 Å². The van der Waals surface area contributed by atoms with Crippen LogP contribution in [-0.2, 0) is 0 Å². The quantitative estimate of drug-likeness (QED) is 0.779. The average molecular weight is 244 g/mol. The molecule has 3 unspecified atom stereocenters. The first-order valence-corrected chi connectivity index (χ1v) is 7.82. The van der Waals surface area contributed by atoms with Gasteiger partial charge in [0.05, 0.1) is 0 Å². The lowest BCUT2D eigenvalue weighted by atomic mass is 10.0. The molecular weight excluding hydrogens is 216 g/mol. The molecule has 0 aromatic rings. The van der Waals surface area contributed by atoms with Gasteiger partial charge in [-0.25, -0.2) is 0 Å². The summed E-state index contributed by atoms with van der Waals surface area (Å²) in [6.45, 7) is 9.41. The van der Waals surface area contributed by atoms with Crippen LogP contribution < -0.4 is 5.73 Å². The summed E-state index contributed by atoms with van der Waals surface area (Å²) in [4.78, 5) is 2.66. The molecule has 0 saturated carbocycles. The van der Waals surface area contributed by atoms with Crippen molar-refractivity contribution in [3.8, 4) is 0 Å². The van der Waals surface area contributed by atoms with E-state index in [0.717, 1.165) is 12.0 Å². The minimum absolute atomic E-state index is 0.373. The van der Waals surface area contributed by atoms with Gasteiger partial charge in [-0.2, -0.15) is 11.8 Å². The van der Waals surface area contributed by atoms with Gasteiger partial charge in [0.15, 0.2) is 0 Å². The second-order valence-electron chi connectivity index (χ2n) is 5.43. The van der Waals surface area contributed by atoms with Gasteiger partial charge < -0.3 is 5.73 Å². The van der Waals surface area contributed by atoms with Crippen LogP contribution in [0.15, 0.2) is 0 Å². The Bertz CT molecular complexity index is 185. The summed E-state index contributed by atoms with van der Waals surface area (Å²) in [5, 5.41) is 0. The van der Waals surface area contributed by atoms with Crippen molar-refractivity contribution >= 4 is 11.8 Å². The third-order valence-corrected chi connectivity index (χ3v) is 4.60. The maximum atomic E-state index is 5.77. The summed E-state index contributed by atoms with van der Waals surface area (Å²) < 4.78 is 0. The van der Waals surface area contributed by atoms with Crippen molar-refractivity contribution in [1.29, 1.82) is 0 Å². The fraction of sp³-hybridized carbons (Fsp3) is 1.00. The SMILES string of the molecule is CC(N)CCCC(C)CN1CCSCC1C. The van der Waals surface area contributed by atoms with Crippen LogP contribution in [-0.4, -0.2) is 41.6 Å². The molecule has 96 valence electrons. The van der Waals surface area contributed by atoms with Crippen molar-refractivity contribution in [2.75, 3.05) is 24.6 Å². The first kappa shape index (κ1) is 14.3. The topological polar surface area (TPSA) is 29.3 Å². The third kappa shape index (κ3) is 5.55. The lowest BCUT2D eigenvalue weighted by Gasteiger charge is -2.34. The van der Waals surface area contributed by atoms with E-state index in [9.17, 15) is 0 Å². The van der Waals surface area contributed by atoms with Crippen LogP contribution in [0, 0.1) is 5.92 Å². The van der Waals surface area contributed by atoms with Crippen molar-refractivity contribution in [2.45, 2.75) is 52.1 Å². The van der Waals surface area contributed by atoms with Crippen molar-refractivity contribution in [3.05, 3.63) is 0 Å². The van der Waals surface area contributed by atoms with Gasteiger partial charge in [-0.05, 0) is 32.6 Å². The predicted octanol–water partition coefficient (Wildman–Crippen LogP) is 2.58. The van der Waals surface area contributed by atoms with Crippen molar-refractivity contribution in [2.24, 2.45) is 11.7 Å². The third-order valence-electron chi connectivity index (χ3n) is 3.41. The Hall–Kier alpha value is 0.270. The van der Waals surface area contributed by atoms with Crippen LogP contribution in [0.25, 0.3) is 0 Å². The van der Waals surface area contributed by atoms with Gasteiger partial charge in [-0.15, -0.1) is 0 Å². The molecule has 1 saturated heterocycles. The van der Waals surface area contributed by atoms with Crippen LogP contribution in [0.1, 0.15) is 40.0 Å². The Morgan fingerprint density at radius 1 is 1.38 bits per heavy atom. The Morgan fingerprint density at radius 2 is 2.12 bits per heavy atom. The highest BCUT2D eigenvalue weighted by molar-refractivity contribution is 7.99. The molecular formula is C13H28N2S. The average Bonchev–Trinajstić information content (AvgIpc) is 2.21. The molecule has 2 nitrogen and oxygen atoms in total. The van der Waals surface area contributed by atoms with Gasteiger partial charge in [0.1, 0.15) is 0 Å². The number of nitrogens with two attached hydrogens (primary N) is 1. The molecule has 0 amide bonds. The number of hydrogen-bond acceptors (Lipinski definition) is 3. The van der Waals surface area contributed by atoms with Crippen LogP contribution in [0.2, 0.25) is 0 Å². The second-order valence-corrected chi connectivity index (χ2v) is 6.58. The van der Waals surface area contributed by atoms with Crippen LogP contribution in [0.3, 0.4) is 0 Å². The molecule has 2 N–H and O–H groups in total. The highest BCUT2D eigenvalue weighted by Crippen LogP contribution is 2.19. The fourth-order valence-corrected chi connectivity index (χ4v) is 3.39. The maximum absolute atomic E-state index is 5.77. The van der Waals surface area contributed by atoms with Crippen LogP contribution in [0.5, 0.6) is 0 Å². The standard InChI is InChI=1S/C13H28N2S/c1-11(5-4-6-12(2)14)9-15-7-8-16-10-13(15)3/h11-13H,4-10,14H2,1-3H3. The lowest BCUT2D eigenvalue weighted by molar-refractivity contribution is 0.195. The molecule has 0 aromatic heterocycles. The zero-order chi connectivity index (χ0) is 12.0. The van der Waals surface area contributed by atoms with Gasteiger partial charge in [-0.1, -0.05) is 13.3 Å². The normalized spacial score (nSPS) is 26.6. The van der Waals surface area contributed by atoms with Crippen molar-refractivity contribution in [1.82, 2.24) is 4.90 Å². The molecule has 0 aliphatic carbocycles. The van der Waals surface area contributed by atoms with Crippen LogP contribution in [0.4, 0.5) is 0 Å². The lowest BCUT2D eigenvalue weighted by Crippen LogP contribution is -2.42. The maximum Gasteiger partial charge on any atom is 0.0158 e. The Morgan fingerprint density at radius 3 is 2.75 bits per heavy atom. The molecule has 3 heteroatoms. The summed E-state index contributed by atoms with van der Waals surface area (Å²) in [6, 6.07) is 1.15. The number of hydrogen-bond donors (Lipinski definition) is 1. The first-order chi connectivity index (χ1) is 7.59. The monoisotopic (exact) mass is 244 g/mol. The molecule has 0 spiro atoms. The van der Waals surface area contributed by atoms with E-state index in [4.69, 9.17) is 5.73 Å². The molecule has 1 aliphatic heterocycles. The van der Waals surface area contributed by atoms with Crippen molar-refractivity contribution < 1.29 is 0 Å². The van der Waals surface area contributed by atoms with E-state index in [1.54, 1.807) is 0 Å². The van der Waals surface area contributed by atoms with E-state index >= 15 is 0 Å². The summed E-state index contributed by atoms with van der Waals surface area (Å²) in [7, 11) is 0. The van der Waals surface area contributed by atoms with Gasteiger partial charge in [0.2, 0.25) is 0 Å². The summed E-state index contributed by atoms with van der Waals surface area (Å²) in [5.41, 5.74) is 5.77. The molecule has 3 atom stereocenters. The van der Waals surface area contributed by atoms with Gasteiger partial charge in [0, 0.05) is 36.7 Å². The van der Waals surface area contributed by atoms with Gasteiger partial charge in [-0.3, -0.25) is 4.90 Å². The van der Waals surface area contributed by atoms with Crippen LogP contribution >= 0.6 is 11.8 Å². The highest BCUT2D eigenvalue weighted by Gasteiger charge is 2.19. The van der Waals surface area contributed by atoms with Gasteiger partial charge in [0.25, 0.3) is 0 Å². The minimum Gasteiger partial charge on any atom is -0.328 e. The van der Waals surface area contributed by atoms with E-state index in [0.29, 0.717) is 6.04 Å². The molecule has 1 rings (SSSR count). The number of thioether (sulfide) groups is 1. The largest absolute Gasteiger partial charge is 0.328 e. The van der Waals surface area contributed by atoms with E-state index in [-0.39, 0.29) is 0 Å². The Kier molecular flexibility index (Phi) is 6.78. The summed E-state index contributed by atoms with van der Waals surface area (Å²) >= 11 is 2.10. The molecule has 16 heavy (non-hydrogen) atoms. The molecule has 1 heterocycles. The minimum atomic E-state index is 0.373. The van der Waals surface area contributed by atoms with Gasteiger partial charge >= 0.3 is 0 Å². The second kappa shape index (κ2) is 7.57. The zero-order valence-corrected chi connectivity index (χ0v) is 11.9. The first-order valence-electron chi connectivity index (χ1n) is 6.67. The van der Waals surface area contributed by atoms with Crippen molar-refractivity contribution in [3.63, 3.8) is 0 Å². The highest BCUT2D eigenvalue weighted by atomic mass is 32.2. The van der Waals surface area contributed by atoms with E-state index in [1.165, 1.54) is 43.9 Å². The molecule has 1 fully saturated rings. The predicted molar refractivity (Wildman–Crippen MR) is 75.0 cm³/mol. The molecule has 1 aliphatic rings. The molecule has 0 aromatic carbocycles. The smallest absolute Gasteiger partial charge is 0.0158 e. The summed E-state index contributed by atoms with van der Waals surface area (Å²) in [6.07, 6.45) is 3.80. The van der Waals surface area contributed by atoms with E-state index in [2.05, 4.69) is 37.4 Å². The number of rotatable bonds is 6. The Balaban J connectivity index is 2.14. The number of nitrogens with zero attached hydrogens (tertiary/aromatic N) is 1. The fourth-order valence-electron chi connectivity index (χ4n) is 2.31. The van der Waals surface area contributed by atoms with E-state index in [1.807, 2.05) is 0 Å².